The Morgan fingerprint density at radius 1 is 1.35 bits per heavy atom. The molecule has 0 fully saturated rings. The maximum absolute atomic E-state index is 12.0. The molecule has 1 amide bonds. The van der Waals surface area contributed by atoms with Gasteiger partial charge < -0.3 is 15.3 Å². The second kappa shape index (κ2) is 7.40. The summed E-state index contributed by atoms with van der Waals surface area (Å²) in [5.41, 5.74) is 0. The predicted molar refractivity (Wildman–Crippen MR) is 79.7 cm³/mol. The fourth-order valence-corrected chi connectivity index (χ4v) is 2.74. The quantitative estimate of drug-likeness (QED) is 0.805. The van der Waals surface area contributed by atoms with E-state index in [0.29, 0.717) is 6.54 Å². The molecule has 0 bridgehead atoms. The van der Waals surface area contributed by atoms with Gasteiger partial charge in [0.25, 0.3) is 0 Å². The molecule has 0 saturated carbocycles. The summed E-state index contributed by atoms with van der Waals surface area (Å²) >= 11 is 1.64. The molecule has 1 aromatic rings. The maximum atomic E-state index is 12.0. The van der Waals surface area contributed by atoms with Crippen LogP contribution in [0.4, 0.5) is 0 Å². The van der Waals surface area contributed by atoms with E-state index in [1.807, 2.05) is 36.5 Å². The maximum Gasteiger partial charge on any atom is 0.307 e. The molecule has 0 spiro atoms. The van der Waals surface area contributed by atoms with Crippen molar-refractivity contribution < 1.29 is 14.7 Å². The molecule has 1 rings (SSSR count). The number of thiophene rings is 1. The van der Waals surface area contributed by atoms with Crippen LogP contribution in [0.1, 0.15) is 24.8 Å². The van der Waals surface area contributed by atoms with Gasteiger partial charge in [-0.05, 0) is 25.5 Å². The third-order valence-electron chi connectivity index (χ3n) is 3.52. The number of aliphatic carboxylic acids is 1. The van der Waals surface area contributed by atoms with Crippen LogP contribution in [0, 0.1) is 11.8 Å². The molecule has 2 N–H and O–H groups in total. The number of nitrogens with zero attached hydrogens (tertiary/aromatic N) is 1. The van der Waals surface area contributed by atoms with Gasteiger partial charge in [-0.15, -0.1) is 11.3 Å². The molecule has 1 aromatic heterocycles. The summed E-state index contributed by atoms with van der Waals surface area (Å²) in [4.78, 5) is 26.1. The lowest BCUT2D eigenvalue weighted by atomic mass is 9.95. The van der Waals surface area contributed by atoms with Crippen LogP contribution in [-0.4, -0.2) is 42.5 Å². The van der Waals surface area contributed by atoms with Gasteiger partial charge in [0.1, 0.15) is 0 Å². The third kappa shape index (κ3) is 4.31. The molecule has 3 unspecified atom stereocenters. The molecule has 0 radical (unpaired) electrons. The normalized spacial score (nSPS) is 15.7. The Kier molecular flexibility index (Phi) is 6.16. The number of likely N-dealkylation sites (N-methyl/N-ethyl adjacent to an activating group) is 1. The molecule has 6 heteroatoms. The van der Waals surface area contributed by atoms with Crippen LogP contribution < -0.4 is 5.32 Å². The SMILES string of the molecule is CC(C(=O)O)C(C)C(=O)NCC(c1cccs1)N(C)C. The van der Waals surface area contributed by atoms with Crippen molar-refractivity contribution in [3.05, 3.63) is 22.4 Å². The second-order valence-corrected chi connectivity index (χ2v) is 6.13. The minimum atomic E-state index is -0.949. The van der Waals surface area contributed by atoms with Crippen molar-refractivity contribution in [3.63, 3.8) is 0 Å². The molecule has 0 aliphatic carbocycles. The zero-order chi connectivity index (χ0) is 15.3. The van der Waals surface area contributed by atoms with Crippen molar-refractivity contribution >= 4 is 23.2 Å². The van der Waals surface area contributed by atoms with Gasteiger partial charge in [-0.2, -0.15) is 0 Å². The number of rotatable bonds is 7. The second-order valence-electron chi connectivity index (χ2n) is 5.16. The molecule has 0 aromatic carbocycles. The largest absolute Gasteiger partial charge is 0.481 e. The number of carbonyl (C=O) groups is 2. The van der Waals surface area contributed by atoms with Gasteiger partial charge in [-0.3, -0.25) is 9.59 Å². The highest BCUT2D eigenvalue weighted by atomic mass is 32.1. The Morgan fingerprint density at radius 2 is 2.00 bits per heavy atom. The van der Waals surface area contributed by atoms with Gasteiger partial charge in [0, 0.05) is 17.3 Å². The summed E-state index contributed by atoms with van der Waals surface area (Å²) in [5, 5.41) is 13.8. The molecule has 3 atom stereocenters. The summed E-state index contributed by atoms with van der Waals surface area (Å²) in [6.07, 6.45) is 0. The molecule has 0 aliphatic rings. The number of nitrogens with one attached hydrogen (secondary N) is 1. The average molecular weight is 298 g/mol. The molecular weight excluding hydrogens is 276 g/mol. The molecule has 20 heavy (non-hydrogen) atoms. The van der Waals surface area contributed by atoms with Crippen molar-refractivity contribution in [1.82, 2.24) is 10.2 Å². The highest BCUT2D eigenvalue weighted by Gasteiger charge is 2.26. The van der Waals surface area contributed by atoms with Crippen LogP contribution in [0.3, 0.4) is 0 Å². The van der Waals surface area contributed by atoms with Crippen LogP contribution in [0.25, 0.3) is 0 Å². The number of carboxylic acid groups (broad SMARTS) is 1. The summed E-state index contributed by atoms with van der Waals surface area (Å²) in [6.45, 7) is 3.67. The Bertz CT molecular complexity index is 445. The molecule has 0 aliphatic heterocycles. The fraction of sp³-hybridized carbons (Fsp3) is 0.571. The van der Waals surface area contributed by atoms with Gasteiger partial charge in [0.15, 0.2) is 0 Å². The van der Waals surface area contributed by atoms with E-state index in [1.54, 1.807) is 25.2 Å². The Labute approximate surface area is 123 Å². The van der Waals surface area contributed by atoms with Crippen molar-refractivity contribution in [1.29, 1.82) is 0 Å². The van der Waals surface area contributed by atoms with Crippen molar-refractivity contribution in [3.8, 4) is 0 Å². The summed E-state index contributed by atoms with van der Waals surface area (Å²) in [7, 11) is 3.92. The van der Waals surface area contributed by atoms with Gasteiger partial charge in [-0.1, -0.05) is 19.9 Å². The van der Waals surface area contributed by atoms with E-state index in [2.05, 4.69) is 5.32 Å². The van der Waals surface area contributed by atoms with E-state index in [4.69, 9.17) is 5.11 Å². The molecular formula is C14H22N2O3S. The van der Waals surface area contributed by atoms with Gasteiger partial charge in [0.2, 0.25) is 5.91 Å². The number of carboxylic acids is 1. The molecule has 1 heterocycles. The van der Waals surface area contributed by atoms with Gasteiger partial charge >= 0.3 is 5.97 Å². The summed E-state index contributed by atoms with van der Waals surface area (Å²) < 4.78 is 0. The Morgan fingerprint density at radius 3 is 2.45 bits per heavy atom. The van der Waals surface area contributed by atoms with Crippen LogP contribution in [0.2, 0.25) is 0 Å². The zero-order valence-electron chi connectivity index (χ0n) is 12.3. The summed E-state index contributed by atoms with van der Waals surface area (Å²) in [6, 6.07) is 4.12. The smallest absolute Gasteiger partial charge is 0.307 e. The first-order chi connectivity index (χ1) is 9.34. The van der Waals surface area contributed by atoms with E-state index in [9.17, 15) is 9.59 Å². The monoisotopic (exact) mass is 298 g/mol. The lowest BCUT2D eigenvalue weighted by Gasteiger charge is -2.25. The molecule has 5 nitrogen and oxygen atoms in total. The van der Waals surface area contributed by atoms with E-state index in [-0.39, 0.29) is 11.9 Å². The third-order valence-corrected chi connectivity index (χ3v) is 4.49. The topological polar surface area (TPSA) is 69.6 Å². The van der Waals surface area contributed by atoms with Crippen LogP contribution in [0.15, 0.2) is 17.5 Å². The fourth-order valence-electron chi connectivity index (χ4n) is 1.82. The number of carbonyl (C=O) groups excluding carboxylic acids is 1. The van der Waals surface area contributed by atoms with Crippen molar-refractivity contribution in [2.45, 2.75) is 19.9 Å². The Hall–Kier alpha value is -1.40. The number of amides is 1. The first-order valence-corrected chi connectivity index (χ1v) is 7.43. The van der Waals surface area contributed by atoms with Crippen LogP contribution in [-0.2, 0) is 9.59 Å². The number of hydrogen-bond donors (Lipinski definition) is 2. The predicted octanol–water partition coefficient (Wildman–Crippen LogP) is 1.82. The molecule has 112 valence electrons. The van der Waals surface area contributed by atoms with E-state index < -0.39 is 17.8 Å². The van der Waals surface area contributed by atoms with E-state index in [0.717, 1.165) is 0 Å². The number of hydrogen-bond acceptors (Lipinski definition) is 4. The van der Waals surface area contributed by atoms with Gasteiger partial charge in [0.05, 0.1) is 12.0 Å². The minimum Gasteiger partial charge on any atom is -0.481 e. The standard InChI is InChI=1S/C14H22N2O3S/c1-9(10(2)14(18)19)13(17)15-8-11(16(3)4)12-6-5-7-20-12/h5-7,9-11H,8H2,1-4H3,(H,15,17)(H,18,19). The highest BCUT2D eigenvalue weighted by molar-refractivity contribution is 7.10. The van der Waals surface area contributed by atoms with Crippen LogP contribution >= 0.6 is 11.3 Å². The lowest BCUT2D eigenvalue weighted by molar-refractivity contribution is -0.146. The van der Waals surface area contributed by atoms with Gasteiger partial charge in [-0.25, -0.2) is 0 Å². The zero-order valence-corrected chi connectivity index (χ0v) is 13.1. The van der Waals surface area contributed by atoms with Crippen LogP contribution in [0.5, 0.6) is 0 Å². The first-order valence-electron chi connectivity index (χ1n) is 6.55. The lowest BCUT2D eigenvalue weighted by Crippen LogP contribution is -2.39. The minimum absolute atomic E-state index is 0.103. The first kappa shape index (κ1) is 16.7. The summed E-state index contributed by atoms with van der Waals surface area (Å²) in [5.74, 6) is -2.40. The van der Waals surface area contributed by atoms with Crippen molar-refractivity contribution in [2.75, 3.05) is 20.6 Å². The Balaban J connectivity index is 2.60. The molecule has 0 saturated heterocycles. The van der Waals surface area contributed by atoms with E-state index in [1.165, 1.54) is 4.88 Å². The highest BCUT2D eigenvalue weighted by Crippen LogP contribution is 2.22. The van der Waals surface area contributed by atoms with E-state index >= 15 is 0 Å². The average Bonchev–Trinajstić information content (AvgIpc) is 2.90. The van der Waals surface area contributed by atoms with Crippen molar-refractivity contribution in [2.24, 2.45) is 11.8 Å².